The third kappa shape index (κ3) is 2.75. The molecule has 2 rings (SSSR count). The summed E-state index contributed by atoms with van der Waals surface area (Å²) in [5.74, 6) is -0.112. The number of hydrogen-bond donors (Lipinski definition) is 1. The summed E-state index contributed by atoms with van der Waals surface area (Å²) in [4.78, 5) is 3.79. The highest BCUT2D eigenvalue weighted by Crippen LogP contribution is 2.35. The van der Waals surface area contributed by atoms with E-state index in [2.05, 4.69) is 10.3 Å². The van der Waals surface area contributed by atoms with Crippen molar-refractivity contribution >= 4 is 5.82 Å². The number of halogens is 3. The lowest BCUT2D eigenvalue weighted by molar-refractivity contribution is -0.137. The number of nitrogens with one attached hydrogen (secondary N) is 1. The zero-order valence-electron chi connectivity index (χ0n) is 10.00. The van der Waals surface area contributed by atoms with Gasteiger partial charge in [0.25, 0.3) is 0 Å². The van der Waals surface area contributed by atoms with Crippen LogP contribution in [0.4, 0.5) is 19.0 Å². The number of rotatable bonds is 3. The summed E-state index contributed by atoms with van der Waals surface area (Å²) in [7, 11) is 1.58. The van der Waals surface area contributed by atoms with E-state index in [9.17, 15) is 13.2 Å². The molecule has 2 unspecified atom stereocenters. The smallest absolute Gasteiger partial charge is 0.379 e. The summed E-state index contributed by atoms with van der Waals surface area (Å²) in [5, 5.41) is 2.86. The quantitative estimate of drug-likeness (QED) is 0.906. The second-order valence-corrected chi connectivity index (χ2v) is 4.35. The molecule has 0 spiro atoms. The lowest BCUT2D eigenvalue weighted by Crippen LogP contribution is -2.31. The standard InChI is InChI=1S/C12H15F3N2O/c1-18-10-6-2-5-9(10)17-11-8(12(13,14)15)4-3-7-16-11/h3-4,7,9-10H,2,5-6H2,1H3,(H,16,17). The van der Waals surface area contributed by atoms with E-state index in [0.29, 0.717) is 0 Å². The Hall–Kier alpha value is -1.30. The van der Waals surface area contributed by atoms with E-state index in [0.717, 1.165) is 25.3 Å². The number of nitrogens with zero attached hydrogens (tertiary/aromatic N) is 1. The van der Waals surface area contributed by atoms with E-state index in [1.807, 2.05) is 0 Å². The van der Waals surface area contributed by atoms with Crippen LogP contribution in [-0.2, 0) is 10.9 Å². The largest absolute Gasteiger partial charge is 0.419 e. The molecule has 18 heavy (non-hydrogen) atoms. The SMILES string of the molecule is COC1CCCC1Nc1ncccc1C(F)(F)F. The van der Waals surface area contributed by atoms with Crippen molar-refractivity contribution < 1.29 is 17.9 Å². The summed E-state index contributed by atoms with van der Waals surface area (Å²) in [6.45, 7) is 0. The third-order valence-corrected chi connectivity index (χ3v) is 3.19. The Morgan fingerprint density at radius 2 is 2.17 bits per heavy atom. The van der Waals surface area contributed by atoms with Gasteiger partial charge in [0.05, 0.1) is 17.7 Å². The first kappa shape index (κ1) is 13.1. The second kappa shape index (κ2) is 5.14. The Bertz CT molecular complexity index is 409. The maximum absolute atomic E-state index is 12.8. The fourth-order valence-corrected chi connectivity index (χ4v) is 2.30. The molecule has 1 aromatic heterocycles. The van der Waals surface area contributed by atoms with Crippen molar-refractivity contribution in [2.45, 2.75) is 37.6 Å². The Morgan fingerprint density at radius 3 is 2.83 bits per heavy atom. The Labute approximate surface area is 103 Å². The maximum Gasteiger partial charge on any atom is 0.419 e. The van der Waals surface area contributed by atoms with Gasteiger partial charge < -0.3 is 10.1 Å². The van der Waals surface area contributed by atoms with Crippen LogP contribution in [0.25, 0.3) is 0 Å². The van der Waals surface area contributed by atoms with Crippen LogP contribution in [0.2, 0.25) is 0 Å². The molecule has 0 bridgehead atoms. The minimum atomic E-state index is -4.39. The van der Waals surface area contributed by atoms with Crippen molar-refractivity contribution in [3.8, 4) is 0 Å². The van der Waals surface area contributed by atoms with Gasteiger partial charge in [-0.05, 0) is 31.4 Å². The van der Waals surface area contributed by atoms with Crippen LogP contribution in [0.1, 0.15) is 24.8 Å². The highest BCUT2D eigenvalue weighted by atomic mass is 19.4. The molecule has 0 radical (unpaired) electrons. The first-order chi connectivity index (χ1) is 8.52. The fourth-order valence-electron chi connectivity index (χ4n) is 2.30. The number of anilines is 1. The van der Waals surface area contributed by atoms with Crippen molar-refractivity contribution in [1.29, 1.82) is 0 Å². The third-order valence-electron chi connectivity index (χ3n) is 3.19. The van der Waals surface area contributed by atoms with Gasteiger partial charge in [0.2, 0.25) is 0 Å². The molecule has 0 amide bonds. The molecule has 1 saturated carbocycles. The van der Waals surface area contributed by atoms with E-state index >= 15 is 0 Å². The molecule has 1 aliphatic rings. The Balaban J connectivity index is 2.19. The molecule has 6 heteroatoms. The zero-order chi connectivity index (χ0) is 13.2. The highest BCUT2D eigenvalue weighted by Gasteiger charge is 2.36. The summed E-state index contributed by atoms with van der Waals surface area (Å²) < 4.78 is 43.6. The fraction of sp³-hybridized carbons (Fsp3) is 0.583. The minimum absolute atomic E-state index is 0.0481. The average molecular weight is 260 g/mol. The van der Waals surface area contributed by atoms with Gasteiger partial charge in [0.15, 0.2) is 0 Å². The first-order valence-electron chi connectivity index (χ1n) is 5.84. The van der Waals surface area contributed by atoms with E-state index in [1.54, 1.807) is 7.11 Å². The second-order valence-electron chi connectivity index (χ2n) is 4.35. The molecule has 2 atom stereocenters. The van der Waals surface area contributed by atoms with Crippen LogP contribution in [0.3, 0.4) is 0 Å². The molecule has 0 saturated heterocycles. The maximum atomic E-state index is 12.8. The molecular weight excluding hydrogens is 245 g/mol. The molecule has 1 fully saturated rings. The van der Waals surface area contributed by atoms with E-state index < -0.39 is 11.7 Å². The van der Waals surface area contributed by atoms with Crippen LogP contribution in [0.5, 0.6) is 0 Å². The van der Waals surface area contributed by atoms with Crippen molar-refractivity contribution in [3.63, 3.8) is 0 Å². The van der Waals surface area contributed by atoms with Crippen molar-refractivity contribution in [3.05, 3.63) is 23.9 Å². The van der Waals surface area contributed by atoms with Gasteiger partial charge in [-0.3, -0.25) is 0 Å². The lowest BCUT2D eigenvalue weighted by atomic mass is 10.2. The Kier molecular flexibility index (Phi) is 3.75. The first-order valence-corrected chi connectivity index (χ1v) is 5.84. The number of methoxy groups -OCH3 is 1. The van der Waals surface area contributed by atoms with Gasteiger partial charge in [-0.15, -0.1) is 0 Å². The molecule has 1 N–H and O–H groups in total. The normalized spacial score (nSPS) is 24.2. The topological polar surface area (TPSA) is 34.1 Å². The van der Waals surface area contributed by atoms with Crippen LogP contribution in [0.15, 0.2) is 18.3 Å². The van der Waals surface area contributed by atoms with Crippen molar-refractivity contribution in [2.75, 3.05) is 12.4 Å². The summed E-state index contributed by atoms with van der Waals surface area (Å²) in [6, 6.07) is 2.22. The Morgan fingerprint density at radius 1 is 1.39 bits per heavy atom. The van der Waals surface area contributed by atoms with Crippen molar-refractivity contribution in [1.82, 2.24) is 4.98 Å². The van der Waals surface area contributed by atoms with Gasteiger partial charge in [0, 0.05) is 13.3 Å². The highest BCUT2D eigenvalue weighted by molar-refractivity contribution is 5.46. The van der Waals surface area contributed by atoms with Crippen molar-refractivity contribution in [2.24, 2.45) is 0 Å². The molecule has 1 aromatic rings. The van der Waals surface area contributed by atoms with E-state index in [4.69, 9.17) is 4.74 Å². The predicted octanol–water partition coefficient (Wildman–Crippen LogP) is 3.08. The molecule has 0 aliphatic heterocycles. The molecular formula is C12H15F3N2O. The van der Waals surface area contributed by atoms with Gasteiger partial charge in [-0.2, -0.15) is 13.2 Å². The van der Waals surface area contributed by atoms with Crippen LogP contribution in [-0.4, -0.2) is 24.2 Å². The molecule has 100 valence electrons. The monoisotopic (exact) mass is 260 g/mol. The van der Waals surface area contributed by atoms with Crippen LogP contribution < -0.4 is 5.32 Å². The lowest BCUT2D eigenvalue weighted by Gasteiger charge is -2.22. The number of alkyl halides is 3. The average Bonchev–Trinajstić information content (AvgIpc) is 2.75. The molecule has 1 aliphatic carbocycles. The number of ether oxygens (including phenoxy) is 1. The summed E-state index contributed by atoms with van der Waals surface area (Å²) in [6.07, 6.45) is -0.473. The van der Waals surface area contributed by atoms with E-state index in [1.165, 1.54) is 12.3 Å². The number of aromatic nitrogens is 1. The van der Waals surface area contributed by atoms with Crippen LogP contribution in [0, 0.1) is 0 Å². The molecule has 1 heterocycles. The van der Waals surface area contributed by atoms with Crippen LogP contribution >= 0.6 is 0 Å². The van der Waals surface area contributed by atoms with E-state index in [-0.39, 0.29) is 18.0 Å². The van der Waals surface area contributed by atoms with Gasteiger partial charge in [0.1, 0.15) is 5.82 Å². The summed E-state index contributed by atoms with van der Waals surface area (Å²) >= 11 is 0. The minimum Gasteiger partial charge on any atom is -0.379 e. The van der Waals surface area contributed by atoms with Gasteiger partial charge in [-0.1, -0.05) is 0 Å². The molecule has 3 nitrogen and oxygen atoms in total. The zero-order valence-corrected chi connectivity index (χ0v) is 10.00. The predicted molar refractivity (Wildman–Crippen MR) is 61.3 cm³/mol. The summed E-state index contributed by atoms with van der Waals surface area (Å²) in [5.41, 5.74) is -0.730. The molecule has 0 aromatic carbocycles. The van der Waals surface area contributed by atoms with Gasteiger partial charge in [-0.25, -0.2) is 4.98 Å². The number of pyridine rings is 1. The number of hydrogen-bond acceptors (Lipinski definition) is 3. The van der Waals surface area contributed by atoms with Gasteiger partial charge >= 0.3 is 6.18 Å².